The summed E-state index contributed by atoms with van der Waals surface area (Å²) in [5.74, 6) is 0.0708. The van der Waals surface area contributed by atoms with Gasteiger partial charge in [-0.15, -0.1) is 0 Å². The topological polar surface area (TPSA) is 29.5 Å². The summed E-state index contributed by atoms with van der Waals surface area (Å²) in [6, 6.07) is 6.76. The Bertz CT molecular complexity index is 638. The number of likely N-dealkylation sites (tertiary alicyclic amines) is 1. The highest BCUT2D eigenvalue weighted by Gasteiger charge is 2.64. The highest BCUT2D eigenvalue weighted by molar-refractivity contribution is 5.69. The minimum absolute atomic E-state index is 0.0708. The van der Waals surface area contributed by atoms with Crippen molar-refractivity contribution in [3.8, 4) is 0 Å². The summed E-state index contributed by atoms with van der Waals surface area (Å²) >= 11 is 0. The van der Waals surface area contributed by atoms with Crippen molar-refractivity contribution in [1.29, 1.82) is 0 Å². The van der Waals surface area contributed by atoms with Gasteiger partial charge >= 0.3 is 12.3 Å². The van der Waals surface area contributed by atoms with E-state index in [2.05, 4.69) is 0 Å². The smallest absolute Gasteiger partial charge is 0.410 e. The average Bonchev–Trinajstić information content (AvgIpc) is 3.15. The molecule has 0 aromatic heterocycles. The molecule has 1 aliphatic heterocycles. The summed E-state index contributed by atoms with van der Waals surface area (Å²) in [4.78, 5) is 13.5. The number of nitrogens with zero attached hydrogens (tertiary/aromatic N) is 1. The summed E-state index contributed by atoms with van der Waals surface area (Å²) in [6.07, 6.45) is -4.25. The first-order valence-electron chi connectivity index (χ1n) is 8.17. The molecule has 2 fully saturated rings. The fourth-order valence-electron chi connectivity index (χ4n) is 3.12. The molecule has 1 aliphatic carbocycles. The lowest BCUT2D eigenvalue weighted by Crippen LogP contribution is -2.50. The van der Waals surface area contributed by atoms with Crippen LogP contribution in [0.5, 0.6) is 0 Å². The van der Waals surface area contributed by atoms with E-state index >= 15 is 0 Å². The van der Waals surface area contributed by atoms with Crippen molar-refractivity contribution < 1.29 is 22.7 Å². The predicted octanol–water partition coefficient (Wildman–Crippen LogP) is 4.61. The third-order valence-corrected chi connectivity index (χ3v) is 4.74. The van der Waals surface area contributed by atoms with Crippen LogP contribution in [0, 0.1) is 0 Å². The number of amides is 1. The first-order chi connectivity index (χ1) is 11.0. The van der Waals surface area contributed by atoms with Gasteiger partial charge in [0.25, 0.3) is 0 Å². The Morgan fingerprint density at radius 2 is 1.83 bits per heavy atom. The average molecular weight is 341 g/mol. The maximum Gasteiger partial charge on any atom is 0.410 e. The van der Waals surface area contributed by atoms with Gasteiger partial charge < -0.3 is 9.64 Å². The van der Waals surface area contributed by atoms with Gasteiger partial charge in [0, 0.05) is 19.0 Å². The fourth-order valence-corrected chi connectivity index (χ4v) is 3.12. The highest BCUT2D eigenvalue weighted by atomic mass is 19.4. The molecule has 0 atom stereocenters. The number of ether oxygens (including phenoxy) is 1. The summed E-state index contributed by atoms with van der Waals surface area (Å²) in [6.45, 7) is 6.38. The van der Waals surface area contributed by atoms with Crippen LogP contribution in [-0.4, -0.2) is 35.9 Å². The van der Waals surface area contributed by atoms with Gasteiger partial charge in [-0.1, -0.05) is 24.3 Å². The van der Waals surface area contributed by atoms with Gasteiger partial charge in [-0.05, 0) is 44.7 Å². The summed E-state index contributed by atoms with van der Waals surface area (Å²) < 4.78 is 45.1. The SMILES string of the molecule is CC(C)(C)OC(=O)N1CC(c2cccc(C3(C(F)(F)F)CC3)c2)C1. The van der Waals surface area contributed by atoms with Crippen LogP contribution in [-0.2, 0) is 10.2 Å². The second kappa shape index (κ2) is 5.39. The molecule has 1 saturated heterocycles. The molecule has 6 heteroatoms. The lowest BCUT2D eigenvalue weighted by atomic mass is 9.87. The van der Waals surface area contributed by atoms with Crippen molar-refractivity contribution in [3.63, 3.8) is 0 Å². The number of halogens is 3. The molecule has 3 nitrogen and oxygen atoms in total. The van der Waals surface area contributed by atoms with E-state index in [1.165, 1.54) is 0 Å². The van der Waals surface area contributed by atoms with Gasteiger partial charge in [-0.2, -0.15) is 13.2 Å². The van der Waals surface area contributed by atoms with Crippen molar-refractivity contribution in [2.24, 2.45) is 0 Å². The lowest BCUT2D eigenvalue weighted by molar-refractivity contribution is -0.160. The number of alkyl halides is 3. The summed E-state index contributed by atoms with van der Waals surface area (Å²) in [5.41, 5.74) is -0.990. The largest absolute Gasteiger partial charge is 0.444 e. The zero-order valence-electron chi connectivity index (χ0n) is 14.1. The number of benzene rings is 1. The number of rotatable bonds is 2. The van der Waals surface area contributed by atoms with Crippen molar-refractivity contribution in [2.45, 2.75) is 56.7 Å². The maximum atomic E-state index is 13.3. The van der Waals surface area contributed by atoms with E-state index in [9.17, 15) is 18.0 Å². The molecule has 0 unspecified atom stereocenters. The minimum atomic E-state index is -4.20. The van der Waals surface area contributed by atoms with E-state index in [0.717, 1.165) is 5.56 Å². The van der Waals surface area contributed by atoms with Gasteiger partial charge in [-0.25, -0.2) is 4.79 Å². The summed E-state index contributed by atoms with van der Waals surface area (Å²) in [7, 11) is 0. The predicted molar refractivity (Wildman–Crippen MR) is 84.0 cm³/mol. The molecule has 1 aromatic carbocycles. The zero-order valence-corrected chi connectivity index (χ0v) is 14.1. The number of hydrogen-bond acceptors (Lipinski definition) is 2. The second-order valence-corrected chi connectivity index (χ2v) is 7.79. The maximum absolute atomic E-state index is 13.3. The van der Waals surface area contributed by atoms with E-state index in [4.69, 9.17) is 4.74 Å². The molecule has 1 saturated carbocycles. The number of carbonyl (C=O) groups is 1. The van der Waals surface area contributed by atoms with Crippen LogP contribution in [0.1, 0.15) is 50.7 Å². The van der Waals surface area contributed by atoms with E-state index in [-0.39, 0.29) is 24.9 Å². The van der Waals surface area contributed by atoms with E-state index in [0.29, 0.717) is 18.7 Å². The second-order valence-electron chi connectivity index (χ2n) is 7.79. The quantitative estimate of drug-likeness (QED) is 0.786. The Morgan fingerprint density at radius 1 is 1.21 bits per heavy atom. The first-order valence-corrected chi connectivity index (χ1v) is 8.17. The van der Waals surface area contributed by atoms with Crippen LogP contribution in [0.4, 0.5) is 18.0 Å². The Hall–Kier alpha value is -1.72. The third kappa shape index (κ3) is 3.10. The molecule has 1 amide bonds. The summed E-state index contributed by atoms with van der Waals surface area (Å²) in [5, 5.41) is 0. The van der Waals surface area contributed by atoms with Gasteiger partial charge in [0.2, 0.25) is 0 Å². The van der Waals surface area contributed by atoms with Crippen molar-refractivity contribution in [3.05, 3.63) is 35.4 Å². The van der Waals surface area contributed by atoms with E-state index in [1.807, 2.05) is 6.07 Å². The molecule has 2 aliphatic rings. The molecule has 24 heavy (non-hydrogen) atoms. The van der Waals surface area contributed by atoms with Crippen LogP contribution < -0.4 is 0 Å². The highest BCUT2D eigenvalue weighted by Crippen LogP contribution is 2.59. The van der Waals surface area contributed by atoms with Crippen LogP contribution >= 0.6 is 0 Å². The van der Waals surface area contributed by atoms with Gasteiger partial charge in [-0.3, -0.25) is 0 Å². The zero-order chi connectivity index (χ0) is 17.8. The van der Waals surface area contributed by atoms with Crippen LogP contribution in [0.2, 0.25) is 0 Å². The van der Waals surface area contributed by atoms with Crippen molar-refractivity contribution in [1.82, 2.24) is 4.90 Å². The Kier molecular flexibility index (Phi) is 3.85. The third-order valence-electron chi connectivity index (χ3n) is 4.74. The fraction of sp³-hybridized carbons (Fsp3) is 0.611. The van der Waals surface area contributed by atoms with Crippen molar-refractivity contribution >= 4 is 6.09 Å². The molecular weight excluding hydrogens is 319 g/mol. The first kappa shape index (κ1) is 17.1. The van der Waals surface area contributed by atoms with Gasteiger partial charge in [0.15, 0.2) is 0 Å². The number of carbonyl (C=O) groups excluding carboxylic acids is 1. The van der Waals surface area contributed by atoms with Crippen LogP contribution in [0.3, 0.4) is 0 Å². The molecule has 132 valence electrons. The molecule has 0 bridgehead atoms. The monoisotopic (exact) mass is 341 g/mol. The van der Waals surface area contributed by atoms with E-state index < -0.39 is 17.2 Å². The molecule has 0 spiro atoms. The van der Waals surface area contributed by atoms with Gasteiger partial charge in [0.05, 0.1) is 5.41 Å². The minimum Gasteiger partial charge on any atom is -0.444 e. The van der Waals surface area contributed by atoms with Crippen molar-refractivity contribution in [2.75, 3.05) is 13.1 Å². The molecule has 3 rings (SSSR count). The molecule has 0 N–H and O–H groups in total. The normalized spacial score (nSPS) is 20.5. The molecule has 1 heterocycles. The van der Waals surface area contributed by atoms with Gasteiger partial charge in [0.1, 0.15) is 5.60 Å². The Labute approximate surface area is 139 Å². The number of hydrogen-bond donors (Lipinski definition) is 0. The Morgan fingerprint density at radius 3 is 2.33 bits per heavy atom. The van der Waals surface area contributed by atoms with Crippen LogP contribution in [0.15, 0.2) is 24.3 Å². The standard InChI is InChI=1S/C18H22F3NO2/c1-16(2,3)24-15(23)22-10-13(11-22)12-5-4-6-14(9-12)17(7-8-17)18(19,20)21/h4-6,9,13H,7-8,10-11H2,1-3H3. The van der Waals surface area contributed by atoms with E-state index in [1.54, 1.807) is 43.9 Å². The molecular formula is C18H22F3NO2. The molecule has 1 aromatic rings. The van der Waals surface area contributed by atoms with Crippen LogP contribution in [0.25, 0.3) is 0 Å². The Balaban J connectivity index is 1.67. The molecule has 0 radical (unpaired) electrons. The lowest BCUT2D eigenvalue weighted by Gasteiger charge is -2.40.